The van der Waals surface area contributed by atoms with Crippen molar-refractivity contribution in [3.05, 3.63) is 40.8 Å². The molecule has 1 aromatic carbocycles. The number of primary amides is 1. The van der Waals surface area contributed by atoms with Crippen LogP contribution in [0.1, 0.15) is 31.2 Å². The maximum atomic E-state index is 13.2. The van der Waals surface area contributed by atoms with Gasteiger partial charge in [0.2, 0.25) is 5.91 Å². The molecule has 0 radical (unpaired) electrons. The number of carbonyl (C=O) groups excluding carboxylic acids is 2. The topological polar surface area (TPSA) is 88.8 Å². The Bertz CT molecular complexity index is 1140. The molecule has 3 aliphatic heterocycles. The third-order valence-electron chi connectivity index (χ3n) is 6.50. The molecule has 0 aliphatic carbocycles. The Hall–Kier alpha value is -2.49. The minimum atomic E-state index is -0.240. The van der Waals surface area contributed by atoms with E-state index in [0.717, 1.165) is 41.7 Å². The molecule has 33 heavy (non-hydrogen) atoms. The minimum Gasteiger partial charge on any atom is -0.376 e. The van der Waals surface area contributed by atoms with E-state index in [1.807, 2.05) is 30.3 Å². The number of thioether (sulfide) groups is 1. The molecule has 3 saturated heterocycles. The van der Waals surface area contributed by atoms with Gasteiger partial charge in [-0.05, 0) is 43.9 Å². The number of rotatable bonds is 5. The van der Waals surface area contributed by atoms with E-state index in [2.05, 4.69) is 11.0 Å². The molecule has 172 valence electrons. The molecular weight excluding hydrogens is 456 g/mol. The normalized spacial score (nSPS) is 23.3. The lowest BCUT2D eigenvalue weighted by atomic mass is 9.96. The molecule has 7 nitrogen and oxygen atoms in total. The fourth-order valence-corrected chi connectivity index (χ4v) is 5.91. The Balaban J connectivity index is 1.46. The highest BCUT2D eigenvalue weighted by atomic mass is 32.2. The number of aromatic nitrogens is 1. The first-order chi connectivity index (χ1) is 16.0. The number of piperidine rings is 1. The van der Waals surface area contributed by atoms with Gasteiger partial charge < -0.3 is 15.4 Å². The first kappa shape index (κ1) is 22.3. The van der Waals surface area contributed by atoms with E-state index in [4.69, 9.17) is 27.7 Å². The van der Waals surface area contributed by atoms with Crippen LogP contribution in [-0.2, 0) is 14.3 Å². The molecule has 0 spiro atoms. The van der Waals surface area contributed by atoms with Crippen LogP contribution in [-0.4, -0.2) is 58.4 Å². The monoisotopic (exact) mass is 482 g/mol. The maximum Gasteiger partial charge on any atom is 0.266 e. The number of thiocarbonyl (C=S) groups is 1. The smallest absolute Gasteiger partial charge is 0.266 e. The zero-order valence-electron chi connectivity index (χ0n) is 18.2. The average Bonchev–Trinajstić information content (AvgIpc) is 3.43. The van der Waals surface area contributed by atoms with Crippen LogP contribution >= 0.6 is 24.0 Å². The van der Waals surface area contributed by atoms with Crippen molar-refractivity contribution in [1.82, 2.24) is 9.88 Å². The second kappa shape index (κ2) is 9.40. The largest absolute Gasteiger partial charge is 0.376 e. The lowest BCUT2D eigenvalue weighted by molar-refractivity contribution is -0.123. The molecule has 0 saturated carbocycles. The average molecular weight is 483 g/mol. The summed E-state index contributed by atoms with van der Waals surface area (Å²) in [7, 11) is 0. The van der Waals surface area contributed by atoms with E-state index < -0.39 is 0 Å². The Labute approximate surface area is 202 Å². The second-order valence-electron chi connectivity index (χ2n) is 8.68. The van der Waals surface area contributed by atoms with Gasteiger partial charge in [-0.3, -0.25) is 14.5 Å². The number of amides is 2. The van der Waals surface area contributed by atoms with Crippen LogP contribution in [0, 0.1) is 5.92 Å². The predicted molar refractivity (Wildman–Crippen MR) is 135 cm³/mol. The van der Waals surface area contributed by atoms with Gasteiger partial charge in [0.15, 0.2) is 0 Å². The fourth-order valence-electron chi connectivity index (χ4n) is 4.65. The van der Waals surface area contributed by atoms with Crippen molar-refractivity contribution >= 4 is 62.9 Å². The van der Waals surface area contributed by atoms with Crippen molar-refractivity contribution < 1.29 is 14.3 Å². The highest BCUT2D eigenvalue weighted by Gasteiger charge is 2.35. The van der Waals surface area contributed by atoms with Gasteiger partial charge in [-0.1, -0.05) is 42.2 Å². The lowest BCUT2D eigenvalue weighted by Gasteiger charge is -2.32. The zero-order chi connectivity index (χ0) is 22.9. The third-order valence-corrected chi connectivity index (χ3v) is 7.88. The van der Waals surface area contributed by atoms with E-state index in [0.29, 0.717) is 41.7 Å². The summed E-state index contributed by atoms with van der Waals surface area (Å²) in [5, 5.41) is 1.01. The summed E-state index contributed by atoms with van der Waals surface area (Å²) in [5.41, 5.74) is 7.29. The molecule has 2 N–H and O–H groups in total. The molecular formula is C24H26N4O3S2. The number of pyridine rings is 1. The van der Waals surface area contributed by atoms with Gasteiger partial charge in [-0.2, -0.15) is 0 Å². The molecule has 9 heteroatoms. The van der Waals surface area contributed by atoms with Gasteiger partial charge in [-0.25, -0.2) is 4.98 Å². The standard InChI is InChI=1S/C24H26N4O3S2/c25-21(29)15-7-9-27(10-8-15)22-17(12-16-4-1-2-6-19(16)26-22)13-20-23(30)28(24(32)33-20)14-18-5-3-11-31-18/h1-2,4,6,12-13,15,18H,3,5,7-11,14H2,(H2,25,29)/b20-13-. The Morgan fingerprint density at radius 3 is 2.79 bits per heavy atom. The number of benzene rings is 1. The number of nitrogens with zero attached hydrogens (tertiary/aromatic N) is 3. The summed E-state index contributed by atoms with van der Waals surface area (Å²) < 4.78 is 6.27. The van der Waals surface area contributed by atoms with Crippen molar-refractivity contribution in [2.24, 2.45) is 11.7 Å². The van der Waals surface area contributed by atoms with E-state index in [9.17, 15) is 9.59 Å². The Morgan fingerprint density at radius 2 is 2.06 bits per heavy atom. The van der Waals surface area contributed by atoms with Crippen LogP contribution in [0.5, 0.6) is 0 Å². The molecule has 4 heterocycles. The van der Waals surface area contributed by atoms with E-state index in [1.165, 1.54) is 11.8 Å². The maximum absolute atomic E-state index is 13.2. The first-order valence-corrected chi connectivity index (χ1v) is 12.5. The molecule has 1 aromatic heterocycles. The summed E-state index contributed by atoms with van der Waals surface area (Å²) in [6, 6.07) is 10.0. The molecule has 5 rings (SSSR count). The molecule has 1 unspecified atom stereocenters. The van der Waals surface area contributed by atoms with Gasteiger partial charge in [0, 0.05) is 36.6 Å². The molecule has 3 fully saturated rings. The van der Waals surface area contributed by atoms with E-state index in [1.54, 1.807) is 4.90 Å². The number of fused-ring (bicyclic) bond motifs is 1. The van der Waals surface area contributed by atoms with Crippen LogP contribution in [0.4, 0.5) is 5.82 Å². The van der Waals surface area contributed by atoms with Crippen molar-refractivity contribution in [3.8, 4) is 0 Å². The van der Waals surface area contributed by atoms with Gasteiger partial charge in [0.1, 0.15) is 10.1 Å². The number of nitrogens with two attached hydrogens (primary N) is 1. The van der Waals surface area contributed by atoms with Crippen LogP contribution in [0.3, 0.4) is 0 Å². The first-order valence-electron chi connectivity index (χ1n) is 11.3. The molecule has 3 aliphatic rings. The number of para-hydroxylation sites is 1. The molecule has 0 bridgehead atoms. The SMILES string of the molecule is NC(=O)C1CCN(c2nc3ccccc3cc2/C=C2\SC(=S)N(CC3CCCO3)C2=O)CC1. The number of hydrogen-bond acceptors (Lipinski definition) is 7. The number of ether oxygens (including phenoxy) is 1. The molecule has 1 atom stereocenters. The van der Waals surface area contributed by atoms with E-state index >= 15 is 0 Å². The van der Waals surface area contributed by atoms with Gasteiger partial charge in [-0.15, -0.1) is 0 Å². The number of carbonyl (C=O) groups is 2. The van der Waals surface area contributed by atoms with Gasteiger partial charge in [0.25, 0.3) is 5.91 Å². The summed E-state index contributed by atoms with van der Waals surface area (Å²) in [4.78, 5) is 34.2. The third kappa shape index (κ3) is 4.62. The Morgan fingerprint density at radius 1 is 1.27 bits per heavy atom. The quantitative estimate of drug-likeness (QED) is 0.517. The van der Waals surface area contributed by atoms with Crippen molar-refractivity contribution in [2.45, 2.75) is 31.8 Å². The molecule has 2 amide bonds. The summed E-state index contributed by atoms with van der Waals surface area (Å²) in [6.45, 7) is 2.64. The highest BCUT2D eigenvalue weighted by molar-refractivity contribution is 8.26. The predicted octanol–water partition coefficient (Wildman–Crippen LogP) is 3.32. The van der Waals surface area contributed by atoms with Gasteiger partial charge >= 0.3 is 0 Å². The van der Waals surface area contributed by atoms with Gasteiger partial charge in [0.05, 0.1) is 23.1 Å². The summed E-state index contributed by atoms with van der Waals surface area (Å²) in [6.07, 6.45) is 5.34. The number of anilines is 1. The Kier molecular flexibility index (Phi) is 6.36. The van der Waals surface area contributed by atoms with Crippen molar-refractivity contribution in [2.75, 3.05) is 31.1 Å². The van der Waals surface area contributed by atoms with Crippen LogP contribution in [0.2, 0.25) is 0 Å². The van der Waals surface area contributed by atoms with Crippen LogP contribution < -0.4 is 10.6 Å². The van der Waals surface area contributed by atoms with Crippen LogP contribution in [0.15, 0.2) is 35.2 Å². The summed E-state index contributed by atoms with van der Waals surface area (Å²) >= 11 is 6.85. The highest BCUT2D eigenvalue weighted by Crippen LogP contribution is 2.36. The zero-order valence-corrected chi connectivity index (χ0v) is 19.9. The fraction of sp³-hybridized carbons (Fsp3) is 0.417. The summed E-state index contributed by atoms with van der Waals surface area (Å²) in [5.74, 6) is 0.406. The second-order valence-corrected chi connectivity index (χ2v) is 10.4. The van der Waals surface area contributed by atoms with Crippen molar-refractivity contribution in [1.29, 1.82) is 0 Å². The minimum absolute atomic E-state index is 0.0521. The van der Waals surface area contributed by atoms with E-state index in [-0.39, 0.29) is 23.8 Å². The van der Waals surface area contributed by atoms with Crippen LogP contribution in [0.25, 0.3) is 17.0 Å². The van der Waals surface area contributed by atoms with Crippen molar-refractivity contribution in [3.63, 3.8) is 0 Å². The number of hydrogen-bond donors (Lipinski definition) is 1. The molecule has 2 aromatic rings. The lowest BCUT2D eigenvalue weighted by Crippen LogP contribution is -2.39.